The van der Waals surface area contributed by atoms with E-state index in [1.165, 1.54) is 0 Å². The van der Waals surface area contributed by atoms with Gasteiger partial charge in [0.05, 0.1) is 10.7 Å². The minimum atomic E-state index is -3.76. The second kappa shape index (κ2) is 4.80. The number of carbonyl (C=O) groups is 1. The normalized spacial score (nSPS) is 28.8. The second-order valence-corrected chi connectivity index (χ2v) is 8.79. The Labute approximate surface area is 122 Å². The molecule has 2 fully saturated rings. The summed E-state index contributed by atoms with van der Waals surface area (Å²) in [5.41, 5.74) is 0.459. The molecule has 110 valence electrons. The Kier molecular flexibility index (Phi) is 3.36. The van der Waals surface area contributed by atoms with Crippen LogP contribution in [0.2, 0.25) is 0 Å². The first kappa shape index (κ1) is 14.0. The quantitative estimate of drug-likeness (QED) is 0.926. The monoisotopic (exact) mass is 314 g/mol. The fraction of sp³-hybridized carbons (Fsp3) is 0.692. The molecule has 0 aromatic carbocycles. The molecule has 0 bridgehead atoms. The van der Waals surface area contributed by atoms with Crippen molar-refractivity contribution in [2.24, 2.45) is 17.8 Å². The first-order chi connectivity index (χ1) is 9.40. The van der Waals surface area contributed by atoms with E-state index < -0.39 is 10.0 Å². The van der Waals surface area contributed by atoms with Crippen LogP contribution in [0.4, 0.5) is 0 Å². The van der Waals surface area contributed by atoms with Gasteiger partial charge in [-0.2, -0.15) is 0 Å². The van der Waals surface area contributed by atoms with Gasteiger partial charge >= 0.3 is 0 Å². The van der Waals surface area contributed by atoms with Crippen molar-refractivity contribution < 1.29 is 13.2 Å². The lowest BCUT2D eigenvalue weighted by atomic mass is 10.0. The number of rotatable bonds is 3. The summed E-state index contributed by atoms with van der Waals surface area (Å²) in [5.74, 6) is 0.389. The molecule has 2 aliphatic rings. The zero-order chi connectivity index (χ0) is 14.5. The number of amides is 1. The summed E-state index contributed by atoms with van der Waals surface area (Å²) in [6.07, 6.45) is 4.43. The Morgan fingerprint density at radius 3 is 2.35 bits per heavy atom. The van der Waals surface area contributed by atoms with Crippen molar-refractivity contribution >= 4 is 27.3 Å². The Morgan fingerprint density at radius 1 is 1.25 bits per heavy atom. The van der Waals surface area contributed by atoms with E-state index in [0.29, 0.717) is 22.5 Å². The van der Waals surface area contributed by atoms with E-state index in [2.05, 4.69) is 9.71 Å². The van der Waals surface area contributed by atoms with Crippen molar-refractivity contribution in [1.82, 2.24) is 9.71 Å². The van der Waals surface area contributed by atoms with Gasteiger partial charge < -0.3 is 0 Å². The predicted molar refractivity (Wildman–Crippen MR) is 75.9 cm³/mol. The van der Waals surface area contributed by atoms with Gasteiger partial charge in [0.1, 0.15) is 0 Å². The molecular formula is C13H18N2O3S2. The number of nitrogens with zero attached hydrogens (tertiary/aromatic N) is 1. The summed E-state index contributed by atoms with van der Waals surface area (Å²) in [7, 11) is -3.76. The number of nitrogens with one attached hydrogen (secondary N) is 1. The Morgan fingerprint density at radius 2 is 1.85 bits per heavy atom. The molecule has 0 radical (unpaired) electrons. The van der Waals surface area contributed by atoms with Gasteiger partial charge in [0.15, 0.2) is 4.21 Å². The molecular weight excluding hydrogens is 296 g/mol. The van der Waals surface area contributed by atoms with Crippen LogP contribution in [0.15, 0.2) is 4.21 Å². The van der Waals surface area contributed by atoms with E-state index in [1.54, 1.807) is 13.8 Å². The van der Waals surface area contributed by atoms with Crippen LogP contribution in [-0.2, 0) is 14.8 Å². The first-order valence-electron chi connectivity index (χ1n) is 6.91. The van der Waals surface area contributed by atoms with Crippen LogP contribution < -0.4 is 4.72 Å². The fourth-order valence-corrected chi connectivity index (χ4v) is 5.89. The van der Waals surface area contributed by atoms with Crippen LogP contribution in [0.5, 0.6) is 0 Å². The lowest BCUT2D eigenvalue weighted by molar-refractivity contribution is -0.121. The maximum absolute atomic E-state index is 12.3. The molecule has 3 rings (SSSR count). The van der Waals surface area contributed by atoms with E-state index in [9.17, 15) is 13.2 Å². The molecule has 1 aromatic rings. The molecule has 0 aliphatic heterocycles. The maximum atomic E-state index is 12.3. The molecule has 0 saturated heterocycles. The Hall–Kier alpha value is -0.950. The van der Waals surface area contributed by atoms with Gasteiger partial charge in [0.25, 0.3) is 10.0 Å². The number of aromatic nitrogens is 1. The van der Waals surface area contributed by atoms with E-state index in [-0.39, 0.29) is 16.0 Å². The van der Waals surface area contributed by atoms with E-state index in [0.717, 1.165) is 37.0 Å². The third-order valence-electron chi connectivity index (χ3n) is 4.30. The molecule has 1 aromatic heterocycles. The third kappa shape index (κ3) is 2.37. The van der Waals surface area contributed by atoms with Crippen molar-refractivity contribution in [1.29, 1.82) is 0 Å². The number of aryl methyl sites for hydroxylation is 2. The van der Waals surface area contributed by atoms with Gasteiger partial charge in [0, 0.05) is 5.92 Å². The zero-order valence-electron chi connectivity index (χ0n) is 11.5. The molecule has 5 nitrogen and oxygen atoms in total. The Bertz CT molecular complexity index is 639. The third-order valence-corrected chi connectivity index (χ3v) is 7.33. The van der Waals surface area contributed by atoms with E-state index in [1.807, 2.05) is 0 Å². The molecule has 1 amide bonds. The minimum absolute atomic E-state index is 0.0957. The fourth-order valence-electron chi connectivity index (χ4n) is 3.39. The number of thiazole rings is 1. The standard InChI is InChI=1S/C13H18N2O3S2/c1-7-13(19-8(2)14-7)20(17,18)15-12(16)11-9-5-3-4-6-10(9)11/h9-11H,3-6H2,1-2H3,(H,15,16)/t9-,10+,11?. The highest BCUT2D eigenvalue weighted by Crippen LogP contribution is 2.55. The van der Waals surface area contributed by atoms with Gasteiger partial charge in [-0.25, -0.2) is 18.1 Å². The average molecular weight is 314 g/mol. The molecule has 1 unspecified atom stereocenters. The molecule has 1 N–H and O–H groups in total. The van der Waals surface area contributed by atoms with E-state index in [4.69, 9.17) is 0 Å². The number of hydrogen-bond donors (Lipinski definition) is 1. The van der Waals surface area contributed by atoms with Crippen LogP contribution >= 0.6 is 11.3 Å². The van der Waals surface area contributed by atoms with E-state index >= 15 is 0 Å². The highest BCUT2D eigenvalue weighted by molar-refractivity contribution is 7.92. The topological polar surface area (TPSA) is 76.1 Å². The zero-order valence-corrected chi connectivity index (χ0v) is 13.2. The molecule has 20 heavy (non-hydrogen) atoms. The summed E-state index contributed by atoms with van der Waals surface area (Å²) in [5, 5.41) is 0.690. The average Bonchev–Trinajstić information content (AvgIpc) is 2.99. The lowest BCUT2D eigenvalue weighted by Crippen LogP contribution is -2.32. The SMILES string of the molecule is Cc1nc(C)c(S(=O)(=O)NC(=O)C2[C@H]3CCCC[C@@H]23)s1. The van der Waals surface area contributed by atoms with Crippen LogP contribution in [0.25, 0.3) is 0 Å². The molecule has 7 heteroatoms. The smallest absolute Gasteiger partial charge is 0.274 e. The van der Waals surface area contributed by atoms with Gasteiger partial charge in [-0.1, -0.05) is 12.8 Å². The highest BCUT2D eigenvalue weighted by atomic mass is 32.2. The summed E-state index contributed by atoms with van der Waals surface area (Å²) in [4.78, 5) is 16.3. The number of fused-ring (bicyclic) bond motifs is 1. The maximum Gasteiger partial charge on any atom is 0.275 e. The molecule has 0 spiro atoms. The number of carbonyl (C=O) groups excluding carboxylic acids is 1. The van der Waals surface area contributed by atoms with Gasteiger partial charge in [-0.05, 0) is 38.5 Å². The molecule has 2 aliphatic carbocycles. The predicted octanol–water partition coefficient (Wildman–Crippen LogP) is 2.00. The highest BCUT2D eigenvalue weighted by Gasteiger charge is 2.55. The number of sulfonamides is 1. The number of hydrogen-bond acceptors (Lipinski definition) is 5. The minimum Gasteiger partial charge on any atom is -0.274 e. The summed E-state index contributed by atoms with van der Waals surface area (Å²) in [6.45, 7) is 3.41. The summed E-state index contributed by atoms with van der Waals surface area (Å²) < 4.78 is 26.9. The molecule has 2 saturated carbocycles. The van der Waals surface area contributed by atoms with Crippen LogP contribution in [-0.4, -0.2) is 19.3 Å². The second-order valence-electron chi connectivity index (χ2n) is 5.71. The lowest BCUT2D eigenvalue weighted by Gasteiger charge is -2.05. The van der Waals surface area contributed by atoms with Crippen molar-refractivity contribution in [3.05, 3.63) is 10.7 Å². The van der Waals surface area contributed by atoms with Crippen LogP contribution in [0.1, 0.15) is 36.4 Å². The van der Waals surface area contributed by atoms with Crippen molar-refractivity contribution in [2.75, 3.05) is 0 Å². The van der Waals surface area contributed by atoms with Gasteiger partial charge in [-0.3, -0.25) is 4.79 Å². The van der Waals surface area contributed by atoms with Gasteiger partial charge in [0.2, 0.25) is 5.91 Å². The van der Waals surface area contributed by atoms with Crippen LogP contribution in [0, 0.1) is 31.6 Å². The summed E-state index contributed by atoms with van der Waals surface area (Å²) >= 11 is 1.11. The summed E-state index contributed by atoms with van der Waals surface area (Å²) in [6, 6.07) is 0. The molecule has 1 heterocycles. The largest absolute Gasteiger partial charge is 0.275 e. The van der Waals surface area contributed by atoms with Crippen LogP contribution in [0.3, 0.4) is 0 Å². The van der Waals surface area contributed by atoms with Crippen molar-refractivity contribution in [2.45, 2.75) is 43.7 Å². The molecule has 3 atom stereocenters. The van der Waals surface area contributed by atoms with Gasteiger partial charge in [-0.15, -0.1) is 11.3 Å². The Balaban J connectivity index is 1.74. The van der Waals surface area contributed by atoms with Crippen molar-refractivity contribution in [3.8, 4) is 0 Å². The van der Waals surface area contributed by atoms with Crippen molar-refractivity contribution in [3.63, 3.8) is 0 Å². The first-order valence-corrected chi connectivity index (χ1v) is 9.21.